The molecule has 0 saturated carbocycles. The number of nitrogens with one attached hydrogen (secondary N) is 1. The third kappa shape index (κ3) is 3.67. The first-order valence-electron chi connectivity index (χ1n) is 7.03. The van der Waals surface area contributed by atoms with Gasteiger partial charge in [-0.1, -0.05) is 51.9 Å². The molecule has 0 aliphatic heterocycles. The van der Waals surface area contributed by atoms with Crippen molar-refractivity contribution in [3.63, 3.8) is 0 Å². The second-order valence-electron chi connectivity index (χ2n) is 6.38. The van der Waals surface area contributed by atoms with Gasteiger partial charge in [-0.3, -0.25) is 0 Å². The predicted molar refractivity (Wildman–Crippen MR) is 80.4 cm³/mol. The van der Waals surface area contributed by atoms with E-state index in [0.29, 0.717) is 24.3 Å². The molecular formula is C16H23N3O. The van der Waals surface area contributed by atoms with Crippen LogP contribution in [-0.2, 0) is 12.0 Å². The normalized spacial score (nSPS) is 12.1. The van der Waals surface area contributed by atoms with Crippen molar-refractivity contribution in [2.45, 2.75) is 52.6 Å². The first-order valence-corrected chi connectivity index (χ1v) is 7.03. The highest BCUT2D eigenvalue weighted by Gasteiger charge is 2.14. The van der Waals surface area contributed by atoms with E-state index in [1.54, 1.807) is 0 Å². The van der Waals surface area contributed by atoms with Crippen molar-refractivity contribution in [1.29, 1.82) is 0 Å². The second kappa shape index (κ2) is 5.75. The largest absolute Gasteiger partial charge is 0.334 e. The molecule has 0 spiro atoms. The molecule has 0 fully saturated rings. The minimum absolute atomic E-state index is 0.152. The maximum Gasteiger partial charge on any atom is 0.257 e. The third-order valence-electron chi connectivity index (χ3n) is 3.13. The van der Waals surface area contributed by atoms with E-state index in [2.05, 4.69) is 62.2 Å². The Labute approximate surface area is 120 Å². The smallest absolute Gasteiger partial charge is 0.257 e. The van der Waals surface area contributed by atoms with E-state index in [4.69, 9.17) is 4.52 Å². The molecule has 4 nitrogen and oxygen atoms in total. The van der Waals surface area contributed by atoms with Crippen LogP contribution in [0.25, 0.3) is 11.5 Å². The monoisotopic (exact) mass is 273 g/mol. The van der Waals surface area contributed by atoms with Crippen LogP contribution < -0.4 is 5.32 Å². The van der Waals surface area contributed by atoms with Crippen LogP contribution in [0.4, 0.5) is 0 Å². The molecule has 1 aromatic carbocycles. The zero-order chi connectivity index (χ0) is 14.8. The molecule has 0 unspecified atom stereocenters. The lowest BCUT2D eigenvalue weighted by atomic mass is 9.87. The topological polar surface area (TPSA) is 51.0 Å². The quantitative estimate of drug-likeness (QED) is 0.925. The van der Waals surface area contributed by atoms with E-state index in [9.17, 15) is 0 Å². The van der Waals surface area contributed by atoms with Gasteiger partial charge >= 0.3 is 0 Å². The summed E-state index contributed by atoms with van der Waals surface area (Å²) < 4.78 is 5.31. The standard InChI is InChI=1S/C16H23N3O/c1-11(2)17-10-14-18-15(20-19-14)12-6-8-13(9-7-12)16(3,4)5/h6-9,11,17H,10H2,1-5H3. The first kappa shape index (κ1) is 14.7. The molecule has 0 bridgehead atoms. The lowest BCUT2D eigenvalue weighted by molar-refractivity contribution is 0.417. The maximum atomic E-state index is 5.31. The highest BCUT2D eigenvalue weighted by atomic mass is 16.5. The summed E-state index contributed by atoms with van der Waals surface area (Å²) >= 11 is 0. The van der Waals surface area contributed by atoms with Gasteiger partial charge in [0, 0.05) is 11.6 Å². The first-order chi connectivity index (χ1) is 9.36. The van der Waals surface area contributed by atoms with E-state index < -0.39 is 0 Å². The van der Waals surface area contributed by atoms with E-state index in [1.807, 2.05) is 12.1 Å². The summed E-state index contributed by atoms with van der Waals surface area (Å²) in [6.45, 7) is 11.4. The molecule has 2 rings (SSSR count). The summed E-state index contributed by atoms with van der Waals surface area (Å²) in [4.78, 5) is 4.40. The summed E-state index contributed by atoms with van der Waals surface area (Å²) in [5, 5.41) is 7.26. The minimum atomic E-state index is 0.152. The molecule has 108 valence electrons. The van der Waals surface area contributed by atoms with Gasteiger partial charge in [0.2, 0.25) is 0 Å². The molecule has 0 aliphatic carbocycles. The van der Waals surface area contributed by atoms with Crippen molar-refractivity contribution in [3.8, 4) is 11.5 Å². The molecule has 0 aliphatic rings. The number of nitrogens with zero attached hydrogens (tertiary/aromatic N) is 2. The molecule has 1 aromatic heterocycles. The summed E-state index contributed by atoms with van der Waals surface area (Å²) in [6.07, 6.45) is 0. The second-order valence-corrected chi connectivity index (χ2v) is 6.38. The molecule has 0 radical (unpaired) electrons. The van der Waals surface area contributed by atoms with Gasteiger partial charge in [0.05, 0.1) is 6.54 Å². The van der Waals surface area contributed by atoms with E-state index >= 15 is 0 Å². The summed E-state index contributed by atoms with van der Waals surface area (Å²) in [7, 11) is 0. The Morgan fingerprint density at radius 2 is 1.80 bits per heavy atom. The Morgan fingerprint density at radius 3 is 2.35 bits per heavy atom. The fourth-order valence-electron chi connectivity index (χ4n) is 1.85. The van der Waals surface area contributed by atoms with Gasteiger partial charge in [-0.2, -0.15) is 4.98 Å². The SMILES string of the molecule is CC(C)NCc1noc(-c2ccc(C(C)(C)C)cc2)n1. The van der Waals surface area contributed by atoms with Crippen LogP contribution in [-0.4, -0.2) is 16.2 Å². The fraction of sp³-hybridized carbons (Fsp3) is 0.500. The summed E-state index contributed by atoms with van der Waals surface area (Å²) in [5.41, 5.74) is 2.41. The summed E-state index contributed by atoms with van der Waals surface area (Å²) in [5.74, 6) is 1.26. The maximum absolute atomic E-state index is 5.31. The van der Waals surface area contributed by atoms with Crippen LogP contribution >= 0.6 is 0 Å². The summed E-state index contributed by atoms with van der Waals surface area (Å²) in [6, 6.07) is 8.71. The molecule has 20 heavy (non-hydrogen) atoms. The number of benzene rings is 1. The number of rotatable bonds is 4. The predicted octanol–water partition coefficient (Wildman–Crippen LogP) is 3.53. The molecule has 0 amide bonds. The lowest BCUT2D eigenvalue weighted by Crippen LogP contribution is -2.22. The van der Waals surface area contributed by atoms with Crippen LogP contribution in [0, 0.1) is 0 Å². The Hall–Kier alpha value is -1.68. The van der Waals surface area contributed by atoms with Crippen molar-refractivity contribution < 1.29 is 4.52 Å². The van der Waals surface area contributed by atoms with Gasteiger partial charge in [-0.25, -0.2) is 0 Å². The van der Waals surface area contributed by atoms with Gasteiger partial charge in [0.1, 0.15) is 0 Å². The van der Waals surface area contributed by atoms with Crippen molar-refractivity contribution in [3.05, 3.63) is 35.7 Å². The highest BCUT2D eigenvalue weighted by Crippen LogP contribution is 2.25. The van der Waals surface area contributed by atoms with E-state index in [0.717, 1.165) is 5.56 Å². The van der Waals surface area contributed by atoms with Crippen molar-refractivity contribution in [2.75, 3.05) is 0 Å². The Balaban J connectivity index is 2.12. The average Bonchev–Trinajstić information content (AvgIpc) is 2.84. The zero-order valence-electron chi connectivity index (χ0n) is 12.9. The van der Waals surface area contributed by atoms with Gasteiger partial charge in [0.25, 0.3) is 5.89 Å². The van der Waals surface area contributed by atoms with E-state index in [1.165, 1.54) is 5.56 Å². The van der Waals surface area contributed by atoms with Gasteiger partial charge < -0.3 is 9.84 Å². The average molecular weight is 273 g/mol. The number of aromatic nitrogens is 2. The van der Waals surface area contributed by atoms with Gasteiger partial charge in [-0.15, -0.1) is 0 Å². The van der Waals surface area contributed by atoms with Gasteiger partial charge in [-0.05, 0) is 23.1 Å². The molecule has 1 heterocycles. The number of hydrogen-bond donors (Lipinski definition) is 1. The van der Waals surface area contributed by atoms with Gasteiger partial charge in [0.15, 0.2) is 5.82 Å². The van der Waals surface area contributed by atoms with Crippen LogP contribution in [0.1, 0.15) is 46.0 Å². The van der Waals surface area contributed by atoms with Crippen LogP contribution in [0.2, 0.25) is 0 Å². The van der Waals surface area contributed by atoms with Crippen molar-refractivity contribution in [2.24, 2.45) is 0 Å². The third-order valence-corrected chi connectivity index (χ3v) is 3.13. The molecule has 4 heteroatoms. The number of hydrogen-bond acceptors (Lipinski definition) is 4. The molecule has 2 aromatic rings. The van der Waals surface area contributed by atoms with Crippen molar-refractivity contribution in [1.82, 2.24) is 15.5 Å². The zero-order valence-corrected chi connectivity index (χ0v) is 12.9. The van der Waals surface area contributed by atoms with Crippen molar-refractivity contribution >= 4 is 0 Å². The Kier molecular flexibility index (Phi) is 4.23. The molecule has 1 N–H and O–H groups in total. The molecule has 0 saturated heterocycles. The minimum Gasteiger partial charge on any atom is -0.334 e. The van der Waals surface area contributed by atoms with Crippen LogP contribution in [0.3, 0.4) is 0 Å². The Bertz CT molecular complexity index is 550. The van der Waals surface area contributed by atoms with Crippen LogP contribution in [0.5, 0.6) is 0 Å². The Morgan fingerprint density at radius 1 is 1.15 bits per heavy atom. The fourth-order valence-corrected chi connectivity index (χ4v) is 1.85. The highest BCUT2D eigenvalue weighted by molar-refractivity contribution is 5.53. The van der Waals surface area contributed by atoms with Crippen LogP contribution in [0.15, 0.2) is 28.8 Å². The lowest BCUT2D eigenvalue weighted by Gasteiger charge is -2.18. The van der Waals surface area contributed by atoms with E-state index in [-0.39, 0.29) is 5.41 Å². The molecular weight excluding hydrogens is 250 g/mol. The molecule has 0 atom stereocenters.